The molecule has 0 N–H and O–H groups in total. The van der Waals surface area contributed by atoms with Gasteiger partial charge in [0, 0.05) is 37.8 Å². The summed E-state index contributed by atoms with van der Waals surface area (Å²) < 4.78 is 5.30. The predicted octanol–water partition coefficient (Wildman–Crippen LogP) is 2.04. The van der Waals surface area contributed by atoms with E-state index in [9.17, 15) is 14.9 Å². The van der Waals surface area contributed by atoms with Gasteiger partial charge < -0.3 is 19.4 Å². The van der Waals surface area contributed by atoms with Gasteiger partial charge in [-0.2, -0.15) is 0 Å². The summed E-state index contributed by atoms with van der Waals surface area (Å²) in [5.74, 6) is 0.567. The van der Waals surface area contributed by atoms with Gasteiger partial charge in [0.25, 0.3) is 11.6 Å². The van der Waals surface area contributed by atoms with Gasteiger partial charge in [-0.15, -0.1) is 0 Å². The van der Waals surface area contributed by atoms with Crippen LogP contribution in [0.15, 0.2) is 23.4 Å². The lowest BCUT2D eigenvalue weighted by molar-refractivity contribution is -0.384. The van der Waals surface area contributed by atoms with E-state index >= 15 is 0 Å². The number of hydrogen-bond donors (Lipinski definition) is 0. The fourth-order valence-corrected chi connectivity index (χ4v) is 3.38. The van der Waals surface area contributed by atoms with Gasteiger partial charge in [0.1, 0.15) is 5.69 Å². The van der Waals surface area contributed by atoms with Crippen molar-refractivity contribution in [3.63, 3.8) is 0 Å². The van der Waals surface area contributed by atoms with Crippen molar-refractivity contribution in [2.45, 2.75) is 19.8 Å². The van der Waals surface area contributed by atoms with Gasteiger partial charge in [0.15, 0.2) is 6.61 Å². The van der Waals surface area contributed by atoms with E-state index in [0.717, 1.165) is 25.9 Å². The minimum absolute atomic E-state index is 0.0179. The van der Waals surface area contributed by atoms with Crippen LogP contribution in [0.3, 0.4) is 0 Å². The Morgan fingerprint density at radius 3 is 2.71 bits per heavy atom. The summed E-state index contributed by atoms with van der Waals surface area (Å²) in [7, 11) is 0. The molecule has 9 heteroatoms. The van der Waals surface area contributed by atoms with Gasteiger partial charge in [0.05, 0.1) is 24.4 Å². The van der Waals surface area contributed by atoms with Crippen molar-refractivity contribution < 1.29 is 19.3 Å². The van der Waals surface area contributed by atoms with E-state index in [1.807, 2.05) is 4.90 Å². The van der Waals surface area contributed by atoms with Crippen molar-refractivity contribution in [3.8, 4) is 0 Å². The number of carbonyl (C=O) groups is 1. The monoisotopic (exact) mass is 390 g/mol. The largest absolute Gasteiger partial charge is 0.386 e. The van der Waals surface area contributed by atoms with Crippen LogP contribution in [0.25, 0.3) is 0 Å². The number of morpholine rings is 1. The van der Waals surface area contributed by atoms with Gasteiger partial charge in [0.2, 0.25) is 0 Å². The number of carbonyl (C=O) groups excluding carboxylic acids is 1. The lowest BCUT2D eigenvalue weighted by Gasteiger charge is -2.29. The fourth-order valence-electron chi connectivity index (χ4n) is 3.38. The van der Waals surface area contributed by atoms with Crippen molar-refractivity contribution >= 4 is 23.5 Å². The first-order chi connectivity index (χ1) is 13.5. The summed E-state index contributed by atoms with van der Waals surface area (Å²) in [5.41, 5.74) is 1.13. The second-order valence-electron chi connectivity index (χ2n) is 7.18. The van der Waals surface area contributed by atoms with E-state index in [4.69, 9.17) is 9.57 Å². The molecule has 0 atom stereocenters. The molecule has 3 rings (SSSR count). The molecular formula is C19H26N4O5. The SMILES string of the molecule is CC1CCN(C(=O)CO/N=C\c2ccc(N3CCOCC3)c([N+](=O)[O-])c2)CC1. The molecule has 2 heterocycles. The molecule has 0 bridgehead atoms. The fraction of sp³-hybridized carbons (Fsp3) is 0.579. The molecule has 0 aromatic heterocycles. The third kappa shape index (κ3) is 5.19. The summed E-state index contributed by atoms with van der Waals surface area (Å²) in [6, 6.07) is 4.93. The molecule has 1 aromatic carbocycles. The highest BCUT2D eigenvalue weighted by Gasteiger charge is 2.22. The first-order valence-corrected chi connectivity index (χ1v) is 9.59. The number of nitro benzene ring substituents is 1. The molecule has 9 nitrogen and oxygen atoms in total. The second-order valence-corrected chi connectivity index (χ2v) is 7.18. The van der Waals surface area contributed by atoms with Crippen LogP contribution in [0.1, 0.15) is 25.3 Å². The Labute approximate surface area is 164 Å². The highest BCUT2D eigenvalue weighted by molar-refractivity contribution is 5.83. The van der Waals surface area contributed by atoms with E-state index in [0.29, 0.717) is 43.5 Å². The number of nitrogens with zero attached hydrogens (tertiary/aromatic N) is 4. The van der Waals surface area contributed by atoms with E-state index < -0.39 is 4.92 Å². The summed E-state index contributed by atoms with van der Waals surface area (Å²) in [4.78, 5) is 32.0. The Bertz CT molecular complexity index is 725. The van der Waals surface area contributed by atoms with E-state index in [1.54, 1.807) is 17.0 Å². The number of hydrogen-bond acceptors (Lipinski definition) is 7. The molecule has 2 fully saturated rings. The molecular weight excluding hydrogens is 364 g/mol. The number of piperidine rings is 1. The normalized spacial score (nSPS) is 18.5. The molecule has 2 aliphatic rings. The molecule has 152 valence electrons. The maximum Gasteiger partial charge on any atom is 0.293 e. The third-order valence-electron chi connectivity index (χ3n) is 5.15. The smallest absolute Gasteiger partial charge is 0.293 e. The number of anilines is 1. The maximum atomic E-state index is 12.1. The van der Waals surface area contributed by atoms with Gasteiger partial charge in [-0.1, -0.05) is 18.1 Å². The average molecular weight is 390 g/mol. The van der Waals surface area contributed by atoms with Crippen molar-refractivity contribution in [3.05, 3.63) is 33.9 Å². The zero-order valence-corrected chi connectivity index (χ0v) is 16.1. The minimum Gasteiger partial charge on any atom is -0.386 e. The zero-order valence-electron chi connectivity index (χ0n) is 16.1. The van der Waals surface area contributed by atoms with Gasteiger partial charge >= 0.3 is 0 Å². The quantitative estimate of drug-likeness (QED) is 0.419. The van der Waals surface area contributed by atoms with Crippen molar-refractivity contribution in [1.29, 1.82) is 0 Å². The summed E-state index contributed by atoms with van der Waals surface area (Å²) in [6.07, 6.45) is 3.41. The predicted molar refractivity (Wildman–Crippen MR) is 105 cm³/mol. The molecule has 1 aromatic rings. The first kappa shape index (κ1) is 20.1. The Morgan fingerprint density at radius 1 is 1.32 bits per heavy atom. The topological polar surface area (TPSA) is 97.5 Å². The Hall–Kier alpha value is -2.68. The minimum atomic E-state index is -0.399. The number of nitro groups is 1. The molecule has 0 aliphatic carbocycles. The average Bonchev–Trinajstić information content (AvgIpc) is 2.72. The lowest BCUT2D eigenvalue weighted by atomic mass is 9.99. The van der Waals surface area contributed by atoms with Crippen LogP contribution in [0.5, 0.6) is 0 Å². The Morgan fingerprint density at radius 2 is 2.04 bits per heavy atom. The van der Waals surface area contributed by atoms with Gasteiger partial charge in [-0.25, -0.2) is 0 Å². The summed E-state index contributed by atoms with van der Waals surface area (Å²) in [6.45, 7) is 5.91. The van der Waals surface area contributed by atoms with Crippen LogP contribution < -0.4 is 4.90 Å². The number of ether oxygens (including phenoxy) is 1. The zero-order chi connectivity index (χ0) is 19.9. The molecule has 0 spiro atoms. The molecule has 2 saturated heterocycles. The van der Waals surface area contributed by atoms with Gasteiger partial charge in [-0.05, 0) is 24.8 Å². The van der Waals surface area contributed by atoms with E-state index in [-0.39, 0.29) is 18.2 Å². The van der Waals surface area contributed by atoms with Crippen LogP contribution in [-0.2, 0) is 14.4 Å². The summed E-state index contributed by atoms with van der Waals surface area (Å²) in [5, 5.41) is 15.3. The maximum absolute atomic E-state index is 12.1. The highest BCUT2D eigenvalue weighted by atomic mass is 16.6. The van der Waals surface area contributed by atoms with Crippen molar-refractivity contribution in [2.75, 3.05) is 50.9 Å². The van der Waals surface area contributed by atoms with Crippen molar-refractivity contribution in [1.82, 2.24) is 4.90 Å². The molecule has 2 aliphatic heterocycles. The van der Waals surface area contributed by atoms with Crippen LogP contribution in [0, 0.1) is 16.0 Å². The van der Waals surface area contributed by atoms with Crippen LogP contribution in [-0.4, -0.2) is 67.9 Å². The number of benzene rings is 1. The number of oxime groups is 1. The summed E-state index contributed by atoms with van der Waals surface area (Å²) >= 11 is 0. The van der Waals surface area contributed by atoms with Crippen LogP contribution >= 0.6 is 0 Å². The van der Waals surface area contributed by atoms with Crippen LogP contribution in [0.4, 0.5) is 11.4 Å². The number of amides is 1. The standard InChI is InChI=1S/C19H26N4O5/c1-15-4-6-22(7-5-15)19(24)14-28-20-13-16-2-3-17(18(12-16)23(25)26)21-8-10-27-11-9-21/h2-3,12-13,15H,4-11,14H2,1H3/b20-13-. The molecule has 0 saturated carbocycles. The number of likely N-dealkylation sites (tertiary alicyclic amines) is 1. The first-order valence-electron chi connectivity index (χ1n) is 9.59. The lowest BCUT2D eigenvalue weighted by Crippen LogP contribution is -2.39. The molecule has 1 amide bonds. The third-order valence-corrected chi connectivity index (χ3v) is 5.15. The highest BCUT2D eigenvalue weighted by Crippen LogP contribution is 2.29. The van der Waals surface area contributed by atoms with E-state index in [2.05, 4.69) is 12.1 Å². The van der Waals surface area contributed by atoms with E-state index in [1.165, 1.54) is 12.3 Å². The van der Waals surface area contributed by atoms with Crippen LogP contribution in [0.2, 0.25) is 0 Å². The number of rotatable bonds is 6. The van der Waals surface area contributed by atoms with Gasteiger partial charge in [-0.3, -0.25) is 14.9 Å². The Kier molecular flexibility index (Phi) is 6.80. The van der Waals surface area contributed by atoms with Crippen molar-refractivity contribution in [2.24, 2.45) is 11.1 Å². The molecule has 0 unspecified atom stereocenters. The molecule has 28 heavy (non-hydrogen) atoms. The Balaban J connectivity index is 1.57. The molecule has 0 radical (unpaired) electrons. The second kappa shape index (κ2) is 9.50.